The van der Waals surface area contributed by atoms with Crippen LogP contribution in [0.1, 0.15) is 0 Å². The van der Waals surface area contributed by atoms with E-state index in [-0.39, 0.29) is 0 Å². The van der Waals surface area contributed by atoms with Crippen LogP contribution in [0.3, 0.4) is 0 Å². The Morgan fingerprint density at radius 2 is 0.836 bits per heavy atom. The van der Waals surface area contributed by atoms with Gasteiger partial charge in [-0.3, -0.25) is 0 Å². The number of fused-ring (bicyclic) bond motifs is 3. The molecule has 0 aliphatic rings. The van der Waals surface area contributed by atoms with Gasteiger partial charge in [0.15, 0.2) is 0 Å². The molecule has 8 aromatic carbocycles. The summed E-state index contributed by atoms with van der Waals surface area (Å²) < 4.78 is 8.50. The topological polar surface area (TPSA) is 48.3 Å². The van der Waals surface area contributed by atoms with Crippen molar-refractivity contribution in [2.24, 2.45) is 0 Å². The van der Waals surface area contributed by atoms with Crippen molar-refractivity contribution in [1.29, 1.82) is 0 Å². The maximum atomic E-state index is 6.11. The largest absolute Gasteiger partial charge is 0.405 e. The van der Waals surface area contributed by atoms with Gasteiger partial charge in [0.05, 0.1) is 16.6 Å². The maximum Gasteiger partial charge on any atom is 0.405 e. The molecule has 1 N–H and O–H groups in total. The highest BCUT2D eigenvalue weighted by Crippen LogP contribution is 2.39. The van der Waals surface area contributed by atoms with Gasteiger partial charge in [-0.15, -0.1) is 0 Å². The molecule has 2 heterocycles. The Labute approximate surface area is 319 Å². The SMILES string of the molecule is c1ccc(-c2ccc3c(c2)c2cc(-c4ccccc4)ccc2n3-c2ccc(N(c3ccccc3)c3ccc(-c4n[nH+]c(-c5ccccc5)o4)cc3)cc2)cc1. The number of hydrogen-bond acceptors (Lipinski definition) is 3. The van der Waals surface area contributed by atoms with Crippen LogP contribution in [0.25, 0.3) is 72.7 Å². The second kappa shape index (κ2) is 13.8. The Morgan fingerprint density at radius 1 is 0.400 bits per heavy atom. The first-order chi connectivity index (χ1) is 27.3. The number of hydrogen-bond donors (Lipinski definition) is 0. The molecule has 5 heteroatoms. The molecule has 5 nitrogen and oxygen atoms in total. The van der Waals surface area contributed by atoms with E-state index in [2.05, 4.69) is 190 Å². The zero-order chi connectivity index (χ0) is 36.6. The molecule has 55 heavy (non-hydrogen) atoms. The van der Waals surface area contributed by atoms with Gasteiger partial charge in [-0.25, -0.2) is 0 Å². The third-order valence-corrected chi connectivity index (χ3v) is 10.2. The molecule has 2 aromatic heterocycles. The minimum atomic E-state index is 0.541. The summed E-state index contributed by atoms with van der Waals surface area (Å²) in [5.41, 5.74) is 13.2. The van der Waals surface area contributed by atoms with Crippen LogP contribution in [0.4, 0.5) is 17.1 Å². The minimum absolute atomic E-state index is 0.541. The predicted octanol–water partition coefficient (Wildman–Crippen LogP) is 12.7. The zero-order valence-electron chi connectivity index (χ0n) is 29.9. The summed E-state index contributed by atoms with van der Waals surface area (Å²) in [4.78, 5) is 2.27. The fraction of sp³-hybridized carbons (Fsp3) is 0. The first kappa shape index (κ1) is 32.2. The van der Waals surface area contributed by atoms with Crippen LogP contribution < -0.4 is 10.00 Å². The maximum absolute atomic E-state index is 6.11. The van der Waals surface area contributed by atoms with Gasteiger partial charge in [0, 0.05) is 44.2 Å². The molecule has 0 bridgehead atoms. The van der Waals surface area contributed by atoms with Gasteiger partial charge in [-0.1, -0.05) is 114 Å². The first-order valence-electron chi connectivity index (χ1n) is 18.5. The van der Waals surface area contributed by atoms with E-state index in [4.69, 9.17) is 4.42 Å². The number of H-pyrrole nitrogens is 1. The molecule has 0 radical (unpaired) electrons. The number of aromatic nitrogens is 3. The van der Waals surface area contributed by atoms with Crippen molar-refractivity contribution in [1.82, 2.24) is 9.67 Å². The molecule has 0 spiro atoms. The van der Waals surface area contributed by atoms with Crippen LogP contribution in [-0.4, -0.2) is 9.67 Å². The Balaban J connectivity index is 1.04. The van der Waals surface area contributed by atoms with Gasteiger partial charge in [0.1, 0.15) is 0 Å². The third kappa shape index (κ3) is 6.04. The van der Waals surface area contributed by atoms with Crippen molar-refractivity contribution in [3.05, 3.63) is 206 Å². The molecular weight excluding hydrogens is 673 g/mol. The summed E-state index contributed by atoms with van der Waals surface area (Å²) in [6.45, 7) is 0. The lowest BCUT2D eigenvalue weighted by Crippen LogP contribution is -2.10. The summed E-state index contributed by atoms with van der Waals surface area (Å²) in [5, 5.41) is 9.95. The third-order valence-electron chi connectivity index (χ3n) is 10.2. The Hall–Kier alpha value is -7.50. The second-order valence-corrected chi connectivity index (χ2v) is 13.6. The molecular formula is C50H35N4O+. The number of benzene rings is 8. The van der Waals surface area contributed by atoms with E-state index in [9.17, 15) is 0 Å². The standard InChI is InChI=1S/C50H34N4O/c1-5-13-35(14-6-1)39-23-31-47-45(33-39)46-34-40(36-15-7-2-8-16-36)24-32-48(46)54(47)44-29-27-43(28-30-44)53(41-19-11-4-12-20-41)42-25-21-38(22-26-42)50-52-51-49(55-50)37-17-9-3-10-18-37/h1-34H/p+1. The number of nitrogens with one attached hydrogen (secondary N) is 1. The van der Waals surface area contributed by atoms with Crippen LogP contribution >= 0.6 is 0 Å². The van der Waals surface area contributed by atoms with Crippen molar-refractivity contribution in [2.75, 3.05) is 4.90 Å². The molecule has 260 valence electrons. The predicted molar refractivity (Wildman–Crippen MR) is 224 cm³/mol. The Kier molecular flexibility index (Phi) is 8.08. The van der Waals surface area contributed by atoms with Crippen molar-refractivity contribution in [2.45, 2.75) is 0 Å². The normalized spacial score (nSPS) is 11.3. The minimum Gasteiger partial charge on any atom is -0.377 e. The van der Waals surface area contributed by atoms with Gasteiger partial charge < -0.3 is 13.9 Å². The highest BCUT2D eigenvalue weighted by Gasteiger charge is 2.19. The Bertz CT molecular complexity index is 2790. The molecule has 0 saturated heterocycles. The number of aromatic amines is 1. The number of nitrogens with zero attached hydrogens (tertiary/aromatic N) is 3. The molecule has 0 saturated carbocycles. The van der Waals surface area contributed by atoms with Crippen molar-refractivity contribution in [3.63, 3.8) is 0 Å². The molecule has 10 aromatic rings. The molecule has 0 aliphatic carbocycles. The molecule has 0 aliphatic heterocycles. The van der Waals surface area contributed by atoms with E-state index < -0.39 is 0 Å². The molecule has 0 unspecified atom stereocenters. The van der Waals surface area contributed by atoms with E-state index >= 15 is 0 Å². The van der Waals surface area contributed by atoms with Crippen LogP contribution in [0.2, 0.25) is 0 Å². The smallest absolute Gasteiger partial charge is 0.377 e. The monoisotopic (exact) mass is 707 g/mol. The van der Waals surface area contributed by atoms with Crippen LogP contribution in [-0.2, 0) is 0 Å². The van der Waals surface area contributed by atoms with E-state index in [1.807, 2.05) is 36.4 Å². The number of anilines is 3. The summed E-state index contributed by atoms with van der Waals surface area (Å²) in [6, 6.07) is 72.5. The van der Waals surface area contributed by atoms with Crippen LogP contribution in [0.15, 0.2) is 211 Å². The van der Waals surface area contributed by atoms with Crippen molar-refractivity contribution >= 4 is 38.9 Å². The average molecular weight is 708 g/mol. The van der Waals surface area contributed by atoms with Crippen molar-refractivity contribution < 1.29 is 9.52 Å². The van der Waals surface area contributed by atoms with Gasteiger partial charge in [0.25, 0.3) is 5.89 Å². The summed E-state index contributed by atoms with van der Waals surface area (Å²) >= 11 is 0. The summed E-state index contributed by atoms with van der Waals surface area (Å²) in [7, 11) is 0. The van der Waals surface area contributed by atoms with Crippen LogP contribution in [0.5, 0.6) is 0 Å². The molecule has 0 amide bonds. The van der Waals surface area contributed by atoms with Gasteiger partial charge >= 0.3 is 5.89 Å². The van der Waals surface area contributed by atoms with E-state index in [0.29, 0.717) is 11.8 Å². The highest BCUT2D eigenvalue weighted by molar-refractivity contribution is 6.11. The van der Waals surface area contributed by atoms with Crippen LogP contribution in [0, 0.1) is 0 Å². The summed E-state index contributed by atoms with van der Waals surface area (Å²) in [5.74, 6) is 1.17. The van der Waals surface area contributed by atoms with Gasteiger partial charge in [-0.2, -0.15) is 0 Å². The second-order valence-electron chi connectivity index (χ2n) is 13.6. The summed E-state index contributed by atoms with van der Waals surface area (Å²) in [6.07, 6.45) is 0. The van der Waals surface area contributed by atoms with Gasteiger partial charge in [0.2, 0.25) is 0 Å². The zero-order valence-corrected chi connectivity index (χ0v) is 29.9. The molecule has 0 fully saturated rings. The van der Waals surface area contributed by atoms with E-state index in [1.165, 1.54) is 44.1 Å². The van der Waals surface area contributed by atoms with E-state index in [1.54, 1.807) is 0 Å². The lowest BCUT2D eigenvalue weighted by atomic mass is 10.0. The van der Waals surface area contributed by atoms with E-state index in [0.717, 1.165) is 33.9 Å². The fourth-order valence-electron chi connectivity index (χ4n) is 7.53. The number of para-hydroxylation sites is 1. The fourth-order valence-corrected chi connectivity index (χ4v) is 7.53. The van der Waals surface area contributed by atoms with Gasteiger partial charge in [-0.05, 0) is 119 Å². The first-order valence-corrected chi connectivity index (χ1v) is 18.5. The molecule has 0 atom stereocenters. The highest BCUT2D eigenvalue weighted by atomic mass is 16.4. The van der Waals surface area contributed by atoms with Crippen molar-refractivity contribution in [3.8, 4) is 50.8 Å². The lowest BCUT2D eigenvalue weighted by molar-refractivity contribution is -0.441. The average Bonchev–Trinajstić information content (AvgIpc) is 3.89. The lowest BCUT2D eigenvalue weighted by Gasteiger charge is -2.26. The quantitative estimate of drug-likeness (QED) is 0.158. The molecule has 10 rings (SSSR count). The Morgan fingerprint density at radius 3 is 1.36 bits per heavy atom. The number of rotatable bonds is 8.